The molecule has 1 aliphatic heterocycles. The van der Waals surface area contributed by atoms with Gasteiger partial charge in [-0.05, 0) is 48.9 Å². The average molecular weight is 455 g/mol. The van der Waals surface area contributed by atoms with Crippen LogP contribution in [0.25, 0.3) is 0 Å². The third kappa shape index (κ3) is 3.95. The second-order valence-electron chi connectivity index (χ2n) is 6.67. The molecule has 1 aliphatic rings. The summed E-state index contributed by atoms with van der Waals surface area (Å²) in [6.45, 7) is 1.47. The lowest BCUT2D eigenvalue weighted by Crippen LogP contribution is -2.33. The van der Waals surface area contributed by atoms with E-state index in [0.717, 1.165) is 17.0 Å². The first-order chi connectivity index (χ1) is 14.3. The molecule has 13 heteroatoms. The highest BCUT2D eigenvalue weighted by Gasteiger charge is 2.47. The van der Waals surface area contributed by atoms with E-state index >= 15 is 0 Å². The van der Waals surface area contributed by atoms with E-state index in [9.17, 15) is 31.2 Å². The predicted molar refractivity (Wildman–Crippen MR) is 103 cm³/mol. The predicted octanol–water partition coefficient (Wildman–Crippen LogP) is 2.02. The van der Waals surface area contributed by atoms with Gasteiger partial charge in [0.1, 0.15) is 17.6 Å². The largest absolute Gasteiger partial charge is 0.501 e. The Morgan fingerprint density at radius 1 is 1.19 bits per heavy atom. The highest BCUT2D eigenvalue weighted by atomic mass is 32.2. The average Bonchev–Trinajstić information content (AvgIpc) is 2.91. The molecule has 1 fully saturated rings. The van der Waals surface area contributed by atoms with Gasteiger partial charge in [-0.3, -0.25) is 15.2 Å². The maximum atomic E-state index is 12.8. The first-order valence-corrected chi connectivity index (χ1v) is 10.2. The Bertz CT molecular complexity index is 1170. The molecule has 3 rings (SSSR count). The van der Waals surface area contributed by atoms with Crippen molar-refractivity contribution < 1.29 is 31.2 Å². The highest BCUT2D eigenvalue weighted by Crippen LogP contribution is 2.32. The molecular weight excluding hydrogens is 439 g/mol. The summed E-state index contributed by atoms with van der Waals surface area (Å²) in [4.78, 5) is 30.4. The standard InChI is InChI=1S/C18H16F3N5O4S/c1-10-16(27)26(12-2-4-13(5-3-12)31(29,30)18(19,20)21)17(28)25(10)9-11-6-7-24-14(8-11)15(22)23/h2-8,10H,9H2,1H3,(H3,22,23). The number of imide groups is 1. The van der Waals surface area contributed by atoms with Crippen LogP contribution in [0.4, 0.5) is 23.7 Å². The number of halogens is 3. The highest BCUT2D eigenvalue weighted by molar-refractivity contribution is 7.92. The Labute approximate surface area is 174 Å². The van der Waals surface area contributed by atoms with Gasteiger partial charge < -0.3 is 10.6 Å². The zero-order chi connectivity index (χ0) is 23.1. The van der Waals surface area contributed by atoms with Crippen LogP contribution in [0, 0.1) is 5.41 Å². The molecule has 0 bridgehead atoms. The summed E-state index contributed by atoms with van der Waals surface area (Å²) in [5.41, 5.74) is 0.618. The number of nitrogens with one attached hydrogen (secondary N) is 1. The smallest absolute Gasteiger partial charge is 0.382 e. The fraction of sp³-hybridized carbons (Fsp3) is 0.222. The molecule has 1 aromatic heterocycles. The second-order valence-corrected chi connectivity index (χ2v) is 8.61. The zero-order valence-electron chi connectivity index (χ0n) is 15.9. The van der Waals surface area contributed by atoms with Gasteiger partial charge in [0.05, 0.1) is 10.6 Å². The van der Waals surface area contributed by atoms with E-state index < -0.39 is 38.2 Å². The first-order valence-electron chi connectivity index (χ1n) is 8.70. The summed E-state index contributed by atoms with van der Waals surface area (Å²) in [6, 6.07) is 4.76. The Morgan fingerprint density at radius 2 is 1.81 bits per heavy atom. The zero-order valence-corrected chi connectivity index (χ0v) is 16.7. The maximum Gasteiger partial charge on any atom is 0.501 e. The van der Waals surface area contributed by atoms with Crippen molar-refractivity contribution in [2.75, 3.05) is 4.90 Å². The molecule has 3 N–H and O–H groups in total. The number of carbonyl (C=O) groups is 2. The molecule has 31 heavy (non-hydrogen) atoms. The van der Waals surface area contributed by atoms with Crippen LogP contribution in [0.3, 0.4) is 0 Å². The van der Waals surface area contributed by atoms with Crippen LogP contribution in [-0.4, -0.2) is 47.6 Å². The van der Waals surface area contributed by atoms with Crippen molar-refractivity contribution in [1.82, 2.24) is 9.88 Å². The summed E-state index contributed by atoms with van der Waals surface area (Å²) in [6.07, 6.45) is 1.40. The molecule has 1 saturated heterocycles. The first kappa shape index (κ1) is 22.2. The molecule has 1 aromatic carbocycles. The van der Waals surface area contributed by atoms with E-state index in [4.69, 9.17) is 11.1 Å². The van der Waals surface area contributed by atoms with Crippen LogP contribution in [0.5, 0.6) is 0 Å². The summed E-state index contributed by atoms with van der Waals surface area (Å²) >= 11 is 0. The van der Waals surface area contributed by atoms with Crippen molar-refractivity contribution in [1.29, 1.82) is 5.41 Å². The third-order valence-corrected chi connectivity index (χ3v) is 6.15. The molecular formula is C18H16F3N5O4S. The van der Waals surface area contributed by atoms with Gasteiger partial charge in [0, 0.05) is 12.7 Å². The fourth-order valence-electron chi connectivity index (χ4n) is 2.98. The summed E-state index contributed by atoms with van der Waals surface area (Å²) in [5, 5.41) is 7.43. The Balaban J connectivity index is 1.87. The molecule has 2 heterocycles. The van der Waals surface area contributed by atoms with E-state index in [2.05, 4.69) is 4.98 Å². The minimum atomic E-state index is -5.55. The molecule has 0 spiro atoms. The van der Waals surface area contributed by atoms with Crippen LogP contribution in [0.15, 0.2) is 47.5 Å². The Morgan fingerprint density at radius 3 is 2.35 bits per heavy atom. The lowest BCUT2D eigenvalue weighted by molar-refractivity contribution is -0.119. The number of hydrogen-bond acceptors (Lipinski definition) is 6. The lowest BCUT2D eigenvalue weighted by Gasteiger charge is -2.19. The number of sulfone groups is 1. The number of urea groups is 1. The van der Waals surface area contributed by atoms with E-state index in [1.807, 2.05) is 0 Å². The number of amides is 3. The van der Waals surface area contributed by atoms with Crippen molar-refractivity contribution in [2.45, 2.75) is 29.9 Å². The molecule has 1 atom stereocenters. The quantitative estimate of drug-likeness (QED) is 0.402. The number of hydrogen-bond donors (Lipinski definition) is 2. The van der Waals surface area contributed by atoms with Crippen molar-refractivity contribution in [3.63, 3.8) is 0 Å². The minimum absolute atomic E-state index is 0.00836. The van der Waals surface area contributed by atoms with E-state index in [1.165, 1.54) is 24.1 Å². The Hall–Kier alpha value is -3.48. The van der Waals surface area contributed by atoms with Crippen LogP contribution >= 0.6 is 0 Å². The number of nitrogen functional groups attached to an aromatic ring is 1. The van der Waals surface area contributed by atoms with E-state index in [1.54, 1.807) is 6.07 Å². The number of carbonyl (C=O) groups excluding carboxylic acids is 2. The van der Waals surface area contributed by atoms with Gasteiger partial charge >= 0.3 is 11.5 Å². The number of anilines is 1. The number of aromatic nitrogens is 1. The molecule has 2 aromatic rings. The number of nitrogens with zero attached hydrogens (tertiary/aromatic N) is 3. The van der Waals surface area contributed by atoms with Crippen LogP contribution in [-0.2, 0) is 21.2 Å². The topological polar surface area (TPSA) is 138 Å². The van der Waals surface area contributed by atoms with E-state index in [-0.39, 0.29) is 23.8 Å². The minimum Gasteiger partial charge on any atom is -0.382 e. The van der Waals surface area contributed by atoms with Crippen molar-refractivity contribution in [3.05, 3.63) is 53.9 Å². The van der Waals surface area contributed by atoms with Gasteiger partial charge in [-0.15, -0.1) is 0 Å². The number of pyridine rings is 1. The van der Waals surface area contributed by atoms with Crippen molar-refractivity contribution in [2.24, 2.45) is 5.73 Å². The summed E-state index contributed by atoms with van der Waals surface area (Å²) in [7, 11) is -5.55. The van der Waals surface area contributed by atoms with Crippen LogP contribution in [0.2, 0.25) is 0 Å². The number of alkyl halides is 3. The lowest BCUT2D eigenvalue weighted by atomic mass is 10.2. The van der Waals surface area contributed by atoms with Gasteiger partial charge in [-0.1, -0.05) is 0 Å². The monoisotopic (exact) mass is 455 g/mol. The number of benzene rings is 1. The van der Waals surface area contributed by atoms with Crippen molar-refractivity contribution >= 4 is 33.3 Å². The molecule has 164 valence electrons. The fourth-order valence-corrected chi connectivity index (χ4v) is 3.74. The maximum absolute atomic E-state index is 12.8. The molecule has 3 amide bonds. The van der Waals surface area contributed by atoms with Crippen molar-refractivity contribution in [3.8, 4) is 0 Å². The van der Waals surface area contributed by atoms with Crippen LogP contribution in [0.1, 0.15) is 18.2 Å². The SMILES string of the molecule is CC1C(=O)N(c2ccc(S(=O)(=O)C(F)(F)F)cc2)C(=O)N1Cc1ccnc(C(=N)N)c1. The van der Waals surface area contributed by atoms with Gasteiger partial charge in [-0.25, -0.2) is 18.1 Å². The summed E-state index contributed by atoms with van der Waals surface area (Å²) < 4.78 is 61.1. The second kappa shape index (κ2) is 7.65. The number of amidine groups is 1. The normalized spacial score (nSPS) is 17.4. The van der Waals surface area contributed by atoms with Gasteiger partial charge in [0.2, 0.25) is 0 Å². The van der Waals surface area contributed by atoms with Gasteiger partial charge in [-0.2, -0.15) is 13.2 Å². The van der Waals surface area contributed by atoms with Gasteiger partial charge in [0.15, 0.2) is 0 Å². The molecule has 9 nitrogen and oxygen atoms in total. The molecule has 0 saturated carbocycles. The molecule has 0 radical (unpaired) electrons. The summed E-state index contributed by atoms with van der Waals surface area (Å²) in [5.74, 6) is -0.897. The number of nitrogens with two attached hydrogens (primary N) is 1. The Kier molecular flexibility index (Phi) is 5.48. The molecule has 0 aliphatic carbocycles. The van der Waals surface area contributed by atoms with Gasteiger partial charge in [0.25, 0.3) is 15.7 Å². The number of rotatable bonds is 5. The molecule has 1 unspecified atom stereocenters. The van der Waals surface area contributed by atoms with E-state index in [0.29, 0.717) is 17.7 Å². The third-order valence-electron chi connectivity index (χ3n) is 4.65. The van der Waals surface area contributed by atoms with Crippen LogP contribution < -0.4 is 10.6 Å².